The lowest BCUT2D eigenvalue weighted by atomic mass is 9.86. The maximum atomic E-state index is 11.2. The standard InChI is InChI=1S/C16H20N2O3.C16H24N2O.C15H18N2O3/c1-11-9-15(18(19)20)16(21-13-3-4-13)10-14(11)12-5-7-17(2)8-6-12;1-11-9-15(17)16(19-13-3-4-13)10-14(11)12-5-7-18(2)8-6-12;1-10-8-14(17(18)19)15(20-12-2-3-12)9-13(10)11-4-6-16-7-5-11/h5,9-10,13H,3-4,6-8H2,1-2H3;9-10,12-13H,3-8,17H2,1-2H3;4,8-9,12,16H,2-3,5-7H2,1H3. The Morgan fingerprint density at radius 2 is 1.15 bits per heavy atom. The molecule has 1 saturated heterocycles. The fourth-order valence-corrected chi connectivity index (χ4v) is 8.08. The monoisotopic (exact) mass is 822 g/mol. The fourth-order valence-electron chi connectivity index (χ4n) is 8.08. The molecule has 0 spiro atoms. The van der Waals surface area contributed by atoms with E-state index in [0.29, 0.717) is 23.5 Å². The van der Waals surface area contributed by atoms with Gasteiger partial charge in [-0.25, -0.2) is 0 Å². The van der Waals surface area contributed by atoms with Gasteiger partial charge in [0.1, 0.15) is 5.75 Å². The molecule has 3 aromatic carbocycles. The smallest absolute Gasteiger partial charge is 0.311 e. The molecule has 3 aromatic rings. The molecule has 3 heterocycles. The number of likely N-dealkylation sites (N-methyl/N-ethyl adjacent to an activating group) is 1. The number of likely N-dealkylation sites (tertiary alicyclic amines) is 1. The van der Waals surface area contributed by atoms with Gasteiger partial charge in [-0.15, -0.1) is 0 Å². The first kappa shape index (κ1) is 43.1. The van der Waals surface area contributed by atoms with Crippen LogP contribution in [-0.4, -0.2) is 91.3 Å². The second kappa shape index (κ2) is 19.2. The Balaban J connectivity index is 0.000000136. The van der Waals surface area contributed by atoms with Crippen molar-refractivity contribution >= 4 is 28.2 Å². The number of piperidine rings is 1. The largest absolute Gasteiger partial charge is 0.488 e. The Bertz CT molecular complexity index is 2110. The van der Waals surface area contributed by atoms with Crippen LogP contribution in [0.1, 0.15) is 104 Å². The molecule has 3 N–H and O–H groups in total. The Hall–Kier alpha value is -4.98. The van der Waals surface area contributed by atoms with Crippen LogP contribution in [0.2, 0.25) is 0 Å². The molecule has 0 unspecified atom stereocenters. The maximum absolute atomic E-state index is 11.2. The molecule has 0 aromatic heterocycles. The summed E-state index contributed by atoms with van der Waals surface area (Å²) in [4.78, 5) is 26.3. The summed E-state index contributed by atoms with van der Waals surface area (Å²) < 4.78 is 17.4. The Labute approximate surface area is 354 Å². The Morgan fingerprint density at radius 1 is 0.633 bits per heavy atom. The highest BCUT2D eigenvalue weighted by atomic mass is 16.6. The second-order valence-corrected chi connectivity index (χ2v) is 17.5. The number of nitro groups is 2. The zero-order chi connectivity index (χ0) is 42.5. The van der Waals surface area contributed by atoms with Gasteiger partial charge in [-0.1, -0.05) is 12.2 Å². The van der Waals surface area contributed by atoms with Gasteiger partial charge in [0.15, 0.2) is 11.5 Å². The summed E-state index contributed by atoms with van der Waals surface area (Å²) >= 11 is 0. The van der Waals surface area contributed by atoms with E-state index in [1.165, 1.54) is 61.0 Å². The Kier molecular flexibility index (Phi) is 13.8. The van der Waals surface area contributed by atoms with Gasteiger partial charge in [-0.3, -0.25) is 20.2 Å². The molecule has 3 aliphatic carbocycles. The lowest BCUT2D eigenvalue weighted by molar-refractivity contribution is -0.386. The van der Waals surface area contributed by atoms with Crippen molar-refractivity contribution in [1.82, 2.24) is 15.1 Å². The predicted octanol–water partition coefficient (Wildman–Crippen LogP) is 8.91. The molecule has 9 rings (SSSR count). The summed E-state index contributed by atoms with van der Waals surface area (Å²) in [5.41, 5.74) is 16.4. The van der Waals surface area contributed by atoms with Gasteiger partial charge >= 0.3 is 11.4 Å². The first-order chi connectivity index (χ1) is 28.8. The summed E-state index contributed by atoms with van der Waals surface area (Å²) in [6.07, 6.45) is 15.8. The average Bonchev–Trinajstić information content (AvgIpc) is 4.08. The molecule has 6 aliphatic rings. The van der Waals surface area contributed by atoms with Crippen LogP contribution in [0.5, 0.6) is 17.2 Å². The van der Waals surface area contributed by atoms with Crippen LogP contribution < -0.4 is 25.3 Å². The van der Waals surface area contributed by atoms with Crippen LogP contribution in [-0.2, 0) is 0 Å². The predicted molar refractivity (Wildman–Crippen MR) is 237 cm³/mol. The number of benzene rings is 3. The minimum Gasteiger partial charge on any atom is -0.488 e. The van der Waals surface area contributed by atoms with E-state index < -0.39 is 0 Å². The Morgan fingerprint density at radius 3 is 1.60 bits per heavy atom. The first-order valence-electron chi connectivity index (χ1n) is 21.8. The third kappa shape index (κ3) is 11.4. The molecule has 0 atom stereocenters. The van der Waals surface area contributed by atoms with Crippen molar-refractivity contribution in [2.75, 3.05) is 59.1 Å². The molecule has 0 amide bonds. The fraction of sp³-hybridized carbons (Fsp3) is 0.532. The molecule has 13 nitrogen and oxygen atoms in total. The van der Waals surface area contributed by atoms with Crippen LogP contribution in [0, 0.1) is 41.0 Å². The van der Waals surface area contributed by atoms with Gasteiger partial charge in [-0.05, 0) is 193 Å². The van der Waals surface area contributed by atoms with Crippen LogP contribution in [0.15, 0.2) is 48.6 Å². The van der Waals surface area contributed by atoms with E-state index in [4.69, 9.17) is 19.9 Å². The minimum atomic E-state index is -0.356. The molecule has 322 valence electrons. The summed E-state index contributed by atoms with van der Waals surface area (Å²) in [7, 11) is 4.30. The highest BCUT2D eigenvalue weighted by Gasteiger charge is 2.30. The van der Waals surface area contributed by atoms with Crippen molar-refractivity contribution in [2.45, 2.75) is 109 Å². The number of nitro benzene ring substituents is 2. The molecule has 4 fully saturated rings. The van der Waals surface area contributed by atoms with E-state index in [-0.39, 0.29) is 33.4 Å². The molecule has 3 saturated carbocycles. The number of aryl methyl sites for hydroxylation is 3. The van der Waals surface area contributed by atoms with Gasteiger partial charge in [0, 0.05) is 31.8 Å². The number of anilines is 1. The van der Waals surface area contributed by atoms with Crippen LogP contribution in [0.4, 0.5) is 17.1 Å². The highest BCUT2D eigenvalue weighted by Crippen LogP contribution is 2.41. The maximum Gasteiger partial charge on any atom is 0.311 e. The van der Waals surface area contributed by atoms with Crippen molar-refractivity contribution in [3.05, 3.63) is 102 Å². The van der Waals surface area contributed by atoms with Crippen molar-refractivity contribution in [1.29, 1.82) is 0 Å². The molecule has 13 heteroatoms. The molecule has 0 bridgehead atoms. The number of nitrogens with zero attached hydrogens (tertiary/aromatic N) is 4. The number of nitrogens with one attached hydrogen (secondary N) is 1. The molecular formula is C47H62N6O7. The van der Waals surface area contributed by atoms with Gasteiger partial charge in [0.25, 0.3) is 0 Å². The molecular weight excluding hydrogens is 761 g/mol. The number of nitrogens with two attached hydrogens (primary N) is 1. The quantitative estimate of drug-likeness (QED) is 0.108. The summed E-state index contributed by atoms with van der Waals surface area (Å²) in [6, 6.07) is 11.3. The van der Waals surface area contributed by atoms with E-state index in [9.17, 15) is 20.2 Å². The van der Waals surface area contributed by atoms with E-state index in [2.05, 4.69) is 60.4 Å². The normalized spacial score (nSPS) is 19.8. The topological polar surface area (TPSA) is 158 Å². The van der Waals surface area contributed by atoms with Gasteiger partial charge in [-0.2, -0.15) is 0 Å². The van der Waals surface area contributed by atoms with Crippen LogP contribution in [0.25, 0.3) is 11.1 Å². The third-order valence-electron chi connectivity index (χ3n) is 12.2. The van der Waals surface area contributed by atoms with E-state index in [1.807, 2.05) is 26.0 Å². The van der Waals surface area contributed by atoms with Crippen molar-refractivity contribution in [3.8, 4) is 17.2 Å². The minimum absolute atomic E-state index is 0.0766. The first-order valence-corrected chi connectivity index (χ1v) is 21.8. The number of ether oxygens (including phenoxy) is 3. The molecule has 3 aliphatic heterocycles. The van der Waals surface area contributed by atoms with E-state index in [0.717, 1.165) is 98.4 Å². The summed E-state index contributed by atoms with van der Waals surface area (Å²) in [5, 5.41) is 25.6. The summed E-state index contributed by atoms with van der Waals surface area (Å²) in [6.45, 7) is 12.1. The lowest BCUT2D eigenvalue weighted by Gasteiger charge is -2.30. The van der Waals surface area contributed by atoms with Crippen molar-refractivity contribution in [2.24, 2.45) is 0 Å². The lowest BCUT2D eigenvalue weighted by Crippen LogP contribution is -2.29. The van der Waals surface area contributed by atoms with E-state index in [1.54, 1.807) is 12.1 Å². The number of hydrogen-bond acceptors (Lipinski definition) is 11. The van der Waals surface area contributed by atoms with Crippen LogP contribution in [0.3, 0.4) is 0 Å². The average molecular weight is 823 g/mol. The zero-order valence-corrected chi connectivity index (χ0v) is 36.0. The number of rotatable bonds is 11. The highest BCUT2D eigenvalue weighted by molar-refractivity contribution is 5.74. The van der Waals surface area contributed by atoms with Crippen molar-refractivity contribution < 1.29 is 24.1 Å². The molecule has 60 heavy (non-hydrogen) atoms. The summed E-state index contributed by atoms with van der Waals surface area (Å²) in [5.74, 6) is 2.40. The third-order valence-corrected chi connectivity index (χ3v) is 12.2. The zero-order valence-electron chi connectivity index (χ0n) is 36.0. The molecule has 0 radical (unpaired) electrons. The van der Waals surface area contributed by atoms with E-state index >= 15 is 0 Å². The van der Waals surface area contributed by atoms with Crippen LogP contribution >= 0.6 is 0 Å². The van der Waals surface area contributed by atoms with Crippen molar-refractivity contribution in [3.63, 3.8) is 0 Å². The number of hydrogen-bond donors (Lipinski definition) is 2. The van der Waals surface area contributed by atoms with Gasteiger partial charge in [0.05, 0.1) is 33.8 Å². The second-order valence-electron chi connectivity index (χ2n) is 17.5. The van der Waals surface area contributed by atoms with Gasteiger partial charge < -0.3 is 35.1 Å². The SMILES string of the molecule is Cc1cc(N)c(OC2CC2)cc1C1CCN(C)CC1.Cc1cc([N+](=O)[O-])c(OC2CC2)cc1C1=CCN(C)CC1.Cc1cc([N+](=O)[O-])c(OC2CC2)cc1C1=CCNCC1. The number of nitrogen functional groups attached to an aromatic ring is 1. The van der Waals surface area contributed by atoms with Gasteiger partial charge in [0.2, 0.25) is 0 Å².